The van der Waals surface area contributed by atoms with Gasteiger partial charge in [0, 0.05) is 10.6 Å². The van der Waals surface area contributed by atoms with E-state index in [1.165, 1.54) is 0 Å². The maximum atomic E-state index is 10.8. The largest absolute Gasteiger partial charge is 0.494 e. The van der Waals surface area contributed by atoms with Crippen LogP contribution >= 0.6 is 11.6 Å². The fourth-order valence-corrected chi connectivity index (χ4v) is 1.78. The summed E-state index contributed by atoms with van der Waals surface area (Å²) in [6, 6.07) is 1.79. The fraction of sp³-hybridized carbons (Fsp3) is 0.417. The van der Waals surface area contributed by atoms with Gasteiger partial charge in [-0.25, -0.2) is 0 Å². The Bertz CT molecular complexity index is 413. The molecule has 0 aliphatic carbocycles. The van der Waals surface area contributed by atoms with Crippen molar-refractivity contribution in [2.24, 2.45) is 0 Å². The molecule has 1 aromatic rings. The molecule has 4 heteroatoms. The first-order valence-electron chi connectivity index (χ1n) is 5.10. The normalized spacial score (nSPS) is 10.2. The van der Waals surface area contributed by atoms with Gasteiger partial charge in [0.1, 0.15) is 5.75 Å². The lowest BCUT2D eigenvalue weighted by Gasteiger charge is -2.14. The van der Waals surface area contributed by atoms with Crippen molar-refractivity contribution in [2.45, 2.75) is 27.2 Å². The number of ether oxygens (including phenoxy) is 1. The van der Waals surface area contributed by atoms with Gasteiger partial charge in [-0.05, 0) is 38.0 Å². The van der Waals surface area contributed by atoms with Crippen LogP contribution in [0.15, 0.2) is 6.07 Å². The van der Waals surface area contributed by atoms with E-state index < -0.39 is 5.97 Å². The van der Waals surface area contributed by atoms with E-state index in [0.717, 1.165) is 11.1 Å². The zero-order valence-electron chi connectivity index (χ0n) is 9.63. The average molecular weight is 243 g/mol. The molecule has 0 aromatic heterocycles. The average Bonchev–Trinajstić information content (AvgIpc) is 2.21. The third-order valence-electron chi connectivity index (χ3n) is 2.40. The molecule has 0 aliphatic heterocycles. The molecular formula is C12H15ClO3. The standard InChI is InChI=1S/C12H15ClO3/c1-4-16-10-5-7(2)12(13)8(3)9(10)6-11(14)15/h5H,4,6H2,1-3H3,(H,14,15). The first-order chi connectivity index (χ1) is 7.47. The minimum atomic E-state index is -0.885. The third-order valence-corrected chi connectivity index (χ3v) is 2.98. The minimum Gasteiger partial charge on any atom is -0.494 e. The molecule has 0 radical (unpaired) electrons. The van der Waals surface area contributed by atoms with Crippen LogP contribution in [0.25, 0.3) is 0 Å². The lowest BCUT2D eigenvalue weighted by atomic mass is 10.0. The van der Waals surface area contributed by atoms with Crippen LogP contribution in [0.1, 0.15) is 23.6 Å². The quantitative estimate of drug-likeness (QED) is 0.883. The second-order valence-corrected chi connectivity index (χ2v) is 3.99. The molecule has 1 N–H and O–H groups in total. The first-order valence-corrected chi connectivity index (χ1v) is 5.48. The number of carboxylic acid groups (broad SMARTS) is 1. The predicted octanol–water partition coefficient (Wildman–Crippen LogP) is 2.98. The van der Waals surface area contributed by atoms with Crippen molar-refractivity contribution in [1.29, 1.82) is 0 Å². The molecule has 0 aliphatic rings. The zero-order chi connectivity index (χ0) is 12.3. The Morgan fingerprint density at radius 2 is 2.12 bits per heavy atom. The number of rotatable bonds is 4. The number of carbonyl (C=O) groups is 1. The molecule has 0 spiro atoms. The second-order valence-electron chi connectivity index (χ2n) is 3.61. The van der Waals surface area contributed by atoms with Crippen molar-refractivity contribution in [3.05, 3.63) is 27.8 Å². The molecule has 1 aromatic carbocycles. The molecule has 0 atom stereocenters. The smallest absolute Gasteiger partial charge is 0.307 e. The number of aryl methyl sites for hydroxylation is 1. The van der Waals surface area contributed by atoms with Crippen LogP contribution in [0.3, 0.4) is 0 Å². The molecule has 0 fully saturated rings. The van der Waals surface area contributed by atoms with Gasteiger partial charge >= 0.3 is 5.97 Å². The van der Waals surface area contributed by atoms with Gasteiger partial charge in [0.05, 0.1) is 13.0 Å². The Morgan fingerprint density at radius 3 is 2.62 bits per heavy atom. The summed E-state index contributed by atoms with van der Waals surface area (Å²) in [5, 5.41) is 9.46. The topological polar surface area (TPSA) is 46.5 Å². The van der Waals surface area contributed by atoms with Gasteiger partial charge < -0.3 is 9.84 Å². The van der Waals surface area contributed by atoms with Gasteiger partial charge in [0.2, 0.25) is 0 Å². The van der Waals surface area contributed by atoms with Gasteiger partial charge in [-0.3, -0.25) is 4.79 Å². The summed E-state index contributed by atoms with van der Waals surface area (Å²) in [5.41, 5.74) is 2.34. The lowest BCUT2D eigenvalue weighted by Crippen LogP contribution is -2.07. The number of hydrogen-bond donors (Lipinski definition) is 1. The van der Waals surface area contributed by atoms with E-state index in [2.05, 4.69) is 0 Å². The van der Waals surface area contributed by atoms with Crippen LogP contribution in [-0.4, -0.2) is 17.7 Å². The molecule has 0 amide bonds. The van der Waals surface area contributed by atoms with Crippen LogP contribution in [-0.2, 0) is 11.2 Å². The summed E-state index contributed by atoms with van der Waals surface area (Å²) < 4.78 is 5.43. The Morgan fingerprint density at radius 1 is 1.50 bits per heavy atom. The molecule has 0 saturated carbocycles. The summed E-state index contributed by atoms with van der Waals surface area (Å²) in [5.74, 6) is -0.270. The van der Waals surface area contributed by atoms with Gasteiger partial charge in [-0.15, -0.1) is 0 Å². The number of hydrogen-bond acceptors (Lipinski definition) is 2. The molecule has 0 heterocycles. The van der Waals surface area contributed by atoms with E-state index in [4.69, 9.17) is 21.4 Å². The summed E-state index contributed by atoms with van der Waals surface area (Å²) >= 11 is 6.09. The maximum absolute atomic E-state index is 10.8. The fourth-order valence-electron chi connectivity index (χ4n) is 1.62. The number of aliphatic carboxylic acids is 1. The van der Waals surface area contributed by atoms with Crippen molar-refractivity contribution < 1.29 is 14.6 Å². The lowest BCUT2D eigenvalue weighted by molar-refractivity contribution is -0.136. The number of carboxylic acids is 1. The highest BCUT2D eigenvalue weighted by molar-refractivity contribution is 6.32. The maximum Gasteiger partial charge on any atom is 0.307 e. The SMILES string of the molecule is CCOc1cc(C)c(Cl)c(C)c1CC(=O)O. The van der Waals surface area contributed by atoms with Gasteiger partial charge in [0.25, 0.3) is 0 Å². The zero-order valence-corrected chi connectivity index (χ0v) is 10.4. The van der Waals surface area contributed by atoms with E-state index in [1.54, 1.807) is 6.07 Å². The van der Waals surface area contributed by atoms with Crippen LogP contribution in [0.2, 0.25) is 5.02 Å². The van der Waals surface area contributed by atoms with Crippen molar-refractivity contribution in [2.75, 3.05) is 6.61 Å². The Balaban J connectivity index is 3.29. The van der Waals surface area contributed by atoms with Gasteiger partial charge in [0.15, 0.2) is 0 Å². The van der Waals surface area contributed by atoms with Crippen molar-refractivity contribution in [3.8, 4) is 5.75 Å². The number of benzene rings is 1. The van der Waals surface area contributed by atoms with Crippen molar-refractivity contribution in [1.82, 2.24) is 0 Å². The first kappa shape index (κ1) is 12.8. The number of halogens is 1. The van der Waals surface area contributed by atoms with Gasteiger partial charge in [-0.1, -0.05) is 11.6 Å². The third kappa shape index (κ3) is 2.67. The highest BCUT2D eigenvalue weighted by Crippen LogP contribution is 2.32. The molecule has 0 bridgehead atoms. The van der Waals surface area contributed by atoms with E-state index in [9.17, 15) is 4.79 Å². The second kappa shape index (κ2) is 5.21. The minimum absolute atomic E-state index is 0.0683. The predicted molar refractivity (Wildman–Crippen MR) is 63.4 cm³/mol. The highest BCUT2D eigenvalue weighted by Gasteiger charge is 2.15. The van der Waals surface area contributed by atoms with Crippen molar-refractivity contribution >= 4 is 17.6 Å². The van der Waals surface area contributed by atoms with Crippen LogP contribution in [0.4, 0.5) is 0 Å². The summed E-state index contributed by atoms with van der Waals surface area (Å²) in [6.07, 6.45) is -0.0683. The summed E-state index contributed by atoms with van der Waals surface area (Å²) in [4.78, 5) is 10.8. The molecule has 1 rings (SSSR count). The van der Waals surface area contributed by atoms with Crippen LogP contribution < -0.4 is 4.74 Å². The Hall–Kier alpha value is -1.22. The molecule has 3 nitrogen and oxygen atoms in total. The van der Waals surface area contributed by atoms with E-state index in [-0.39, 0.29) is 6.42 Å². The Kier molecular flexibility index (Phi) is 4.19. The van der Waals surface area contributed by atoms with E-state index in [1.807, 2.05) is 20.8 Å². The molecule has 0 unspecified atom stereocenters. The summed E-state index contributed by atoms with van der Waals surface area (Å²) in [6.45, 7) is 6.06. The molecule has 88 valence electrons. The van der Waals surface area contributed by atoms with E-state index >= 15 is 0 Å². The van der Waals surface area contributed by atoms with Crippen LogP contribution in [0, 0.1) is 13.8 Å². The molecule has 16 heavy (non-hydrogen) atoms. The van der Waals surface area contributed by atoms with Crippen LogP contribution in [0.5, 0.6) is 5.75 Å². The van der Waals surface area contributed by atoms with Crippen molar-refractivity contribution in [3.63, 3.8) is 0 Å². The Labute approximate surface area is 100.0 Å². The van der Waals surface area contributed by atoms with E-state index in [0.29, 0.717) is 22.9 Å². The molecular weight excluding hydrogens is 228 g/mol. The van der Waals surface area contributed by atoms with Gasteiger partial charge in [-0.2, -0.15) is 0 Å². The molecule has 0 saturated heterocycles. The monoisotopic (exact) mass is 242 g/mol. The summed E-state index contributed by atoms with van der Waals surface area (Å²) in [7, 11) is 0. The highest BCUT2D eigenvalue weighted by atomic mass is 35.5.